The van der Waals surface area contributed by atoms with Crippen molar-refractivity contribution in [1.29, 1.82) is 0 Å². The maximum Gasteiger partial charge on any atom is 0.273 e. The molecule has 4 rings (SSSR count). The Bertz CT molecular complexity index is 1290. The molecule has 11 heteroatoms. The number of carbonyl (C=O) groups is 3. The zero-order valence-electron chi connectivity index (χ0n) is 20.4. The standard InChI is InChI=1S/C25H29N5O5S/c1-13-6-8-17(14(2)11-13)30(25(33)22-19(26)20(23(27)31)29-36-22)21(18-9-7-15(3)35-18)24(32)28-12-16-5-4-10-34-16/h6-9,11,16,21H,4-5,10,12,26H2,1-3H3,(H2,27,31)(H,28,32)/t16-,21-/m1/s1. The molecule has 190 valence electrons. The summed E-state index contributed by atoms with van der Waals surface area (Å²) in [5, 5.41) is 2.92. The number of aryl methyl sites for hydroxylation is 3. The second kappa shape index (κ2) is 10.5. The molecule has 0 saturated carbocycles. The summed E-state index contributed by atoms with van der Waals surface area (Å²) in [6.45, 7) is 6.50. The van der Waals surface area contributed by atoms with Crippen molar-refractivity contribution in [2.75, 3.05) is 23.8 Å². The highest BCUT2D eigenvalue weighted by Crippen LogP contribution is 2.35. The van der Waals surface area contributed by atoms with Gasteiger partial charge in [-0.25, -0.2) is 0 Å². The molecule has 10 nitrogen and oxygen atoms in total. The average molecular weight is 512 g/mol. The zero-order chi connectivity index (χ0) is 26.0. The van der Waals surface area contributed by atoms with Crippen molar-refractivity contribution in [1.82, 2.24) is 9.69 Å². The second-order valence-electron chi connectivity index (χ2n) is 8.83. The molecule has 0 unspecified atom stereocenters. The summed E-state index contributed by atoms with van der Waals surface area (Å²) in [6.07, 6.45) is 1.69. The maximum atomic E-state index is 14.0. The highest BCUT2D eigenvalue weighted by atomic mass is 32.1. The van der Waals surface area contributed by atoms with E-state index in [1.54, 1.807) is 25.1 Å². The molecule has 1 aliphatic heterocycles. The van der Waals surface area contributed by atoms with Gasteiger partial charge in [0.15, 0.2) is 11.7 Å². The van der Waals surface area contributed by atoms with Gasteiger partial charge in [-0.05, 0) is 68.9 Å². The third kappa shape index (κ3) is 5.12. The molecule has 1 aliphatic rings. The summed E-state index contributed by atoms with van der Waals surface area (Å²) in [7, 11) is 0. The predicted molar refractivity (Wildman–Crippen MR) is 136 cm³/mol. The minimum atomic E-state index is -1.16. The Hall–Kier alpha value is -3.70. The summed E-state index contributed by atoms with van der Waals surface area (Å²) in [5.74, 6) is -1.01. The first kappa shape index (κ1) is 25.4. The van der Waals surface area contributed by atoms with E-state index in [0.717, 1.165) is 35.5 Å². The van der Waals surface area contributed by atoms with E-state index in [2.05, 4.69) is 9.69 Å². The van der Waals surface area contributed by atoms with Crippen molar-refractivity contribution >= 4 is 40.6 Å². The Kier molecular flexibility index (Phi) is 7.41. The number of nitrogens with two attached hydrogens (primary N) is 2. The molecule has 0 aliphatic carbocycles. The van der Waals surface area contributed by atoms with Gasteiger partial charge in [0.1, 0.15) is 16.4 Å². The molecule has 1 aromatic carbocycles. The van der Waals surface area contributed by atoms with Gasteiger partial charge in [-0.1, -0.05) is 17.7 Å². The minimum Gasteiger partial charge on any atom is -0.464 e. The lowest BCUT2D eigenvalue weighted by molar-refractivity contribution is -0.123. The fourth-order valence-electron chi connectivity index (χ4n) is 4.27. The highest BCUT2D eigenvalue weighted by Gasteiger charge is 2.38. The van der Waals surface area contributed by atoms with Crippen LogP contribution >= 0.6 is 11.5 Å². The zero-order valence-corrected chi connectivity index (χ0v) is 21.2. The van der Waals surface area contributed by atoms with Gasteiger partial charge in [-0.3, -0.25) is 19.3 Å². The van der Waals surface area contributed by atoms with Crippen LogP contribution < -0.4 is 21.7 Å². The third-order valence-corrected chi connectivity index (χ3v) is 6.90. The third-order valence-electron chi connectivity index (χ3n) is 6.05. The van der Waals surface area contributed by atoms with Crippen LogP contribution in [0.5, 0.6) is 0 Å². The number of rotatable bonds is 8. The fourth-order valence-corrected chi connectivity index (χ4v) is 5.01. The molecular weight excluding hydrogens is 482 g/mol. The Labute approximate surface area is 212 Å². The molecule has 3 amide bonds. The van der Waals surface area contributed by atoms with Crippen LogP contribution in [0.1, 0.15) is 61.7 Å². The van der Waals surface area contributed by atoms with Crippen LogP contribution in [-0.2, 0) is 9.53 Å². The number of primary amides is 1. The van der Waals surface area contributed by atoms with Gasteiger partial charge in [0.05, 0.1) is 11.8 Å². The van der Waals surface area contributed by atoms with Gasteiger partial charge in [0, 0.05) is 18.8 Å². The average Bonchev–Trinajstić information content (AvgIpc) is 3.57. The SMILES string of the molecule is Cc1ccc(N(C(=O)c2snc(C(N)=O)c2N)[C@@H](C(=O)NC[C@H]2CCCO2)c2ccc(C)o2)c(C)c1. The number of amides is 3. The lowest BCUT2D eigenvalue weighted by Crippen LogP contribution is -2.45. The van der Waals surface area contributed by atoms with Gasteiger partial charge < -0.3 is 25.9 Å². The van der Waals surface area contributed by atoms with E-state index in [9.17, 15) is 14.4 Å². The van der Waals surface area contributed by atoms with E-state index in [0.29, 0.717) is 24.6 Å². The van der Waals surface area contributed by atoms with Crippen LogP contribution in [0.4, 0.5) is 11.4 Å². The Balaban J connectivity index is 1.82. The predicted octanol–water partition coefficient (Wildman–Crippen LogP) is 3.03. The van der Waals surface area contributed by atoms with Crippen LogP contribution in [0.2, 0.25) is 0 Å². The molecule has 5 N–H and O–H groups in total. The minimum absolute atomic E-state index is 0.00368. The van der Waals surface area contributed by atoms with Crippen LogP contribution in [0.3, 0.4) is 0 Å². The van der Waals surface area contributed by atoms with E-state index in [4.69, 9.17) is 20.6 Å². The smallest absolute Gasteiger partial charge is 0.273 e. The largest absolute Gasteiger partial charge is 0.464 e. The summed E-state index contributed by atoms with van der Waals surface area (Å²) in [6, 6.07) is 7.77. The first-order valence-corrected chi connectivity index (χ1v) is 12.4. The molecule has 3 aromatic rings. The lowest BCUT2D eigenvalue weighted by atomic mass is 10.0. The van der Waals surface area contributed by atoms with Gasteiger partial charge in [0.25, 0.3) is 17.7 Å². The van der Waals surface area contributed by atoms with Crippen LogP contribution in [0, 0.1) is 20.8 Å². The quantitative estimate of drug-likeness (QED) is 0.420. The molecule has 36 heavy (non-hydrogen) atoms. The van der Waals surface area contributed by atoms with Crippen LogP contribution in [0.25, 0.3) is 0 Å². The summed E-state index contributed by atoms with van der Waals surface area (Å²) >= 11 is 0.759. The normalized spacial score (nSPS) is 16.0. The molecule has 3 heterocycles. The number of benzene rings is 1. The van der Waals surface area contributed by atoms with Gasteiger partial charge in [-0.15, -0.1) is 0 Å². The van der Waals surface area contributed by atoms with Crippen molar-refractivity contribution in [3.8, 4) is 0 Å². The summed E-state index contributed by atoms with van der Waals surface area (Å²) in [5.41, 5.74) is 13.4. The van der Waals surface area contributed by atoms with Crippen molar-refractivity contribution in [2.45, 2.75) is 45.8 Å². The van der Waals surface area contributed by atoms with Crippen molar-refractivity contribution < 1.29 is 23.5 Å². The number of nitrogen functional groups attached to an aromatic ring is 1. The topological polar surface area (TPSA) is 154 Å². The highest BCUT2D eigenvalue weighted by molar-refractivity contribution is 7.09. The van der Waals surface area contributed by atoms with Crippen molar-refractivity contribution in [2.24, 2.45) is 5.73 Å². The van der Waals surface area contributed by atoms with E-state index in [-0.39, 0.29) is 28.1 Å². The molecule has 0 bridgehead atoms. The monoisotopic (exact) mass is 511 g/mol. The number of aromatic nitrogens is 1. The van der Waals surface area contributed by atoms with Gasteiger partial charge in [-0.2, -0.15) is 4.37 Å². The van der Waals surface area contributed by atoms with E-state index in [1.165, 1.54) is 4.90 Å². The number of carbonyl (C=O) groups excluding carboxylic acids is 3. The van der Waals surface area contributed by atoms with Gasteiger partial charge in [0.2, 0.25) is 0 Å². The Morgan fingerprint density at radius 1 is 1.22 bits per heavy atom. The molecule has 2 aromatic heterocycles. The molecule has 2 atom stereocenters. The number of nitrogens with zero attached hydrogens (tertiary/aromatic N) is 2. The number of anilines is 2. The molecule has 0 spiro atoms. The lowest BCUT2D eigenvalue weighted by Gasteiger charge is -2.31. The maximum absolute atomic E-state index is 14.0. The summed E-state index contributed by atoms with van der Waals surface area (Å²) < 4.78 is 15.5. The Morgan fingerprint density at radius 3 is 2.58 bits per heavy atom. The van der Waals surface area contributed by atoms with Crippen LogP contribution in [-0.4, -0.2) is 41.4 Å². The van der Waals surface area contributed by atoms with Crippen molar-refractivity contribution in [3.63, 3.8) is 0 Å². The molecule has 1 fully saturated rings. The number of ether oxygens (including phenoxy) is 1. The van der Waals surface area contributed by atoms with E-state index >= 15 is 0 Å². The van der Waals surface area contributed by atoms with E-state index < -0.39 is 23.8 Å². The second-order valence-corrected chi connectivity index (χ2v) is 9.61. The first-order valence-electron chi connectivity index (χ1n) is 11.6. The summed E-state index contributed by atoms with van der Waals surface area (Å²) in [4.78, 5) is 40.8. The molecular formula is C25H29N5O5S. The Morgan fingerprint density at radius 2 is 2.00 bits per heavy atom. The number of nitrogens with one attached hydrogen (secondary N) is 1. The number of hydrogen-bond acceptors (Lipinski definition) is 8. The van der Waals surface area contributed by atoms with Crippen LogP contribution in [0.15, 0.2) is 34.7 Å². The van der Waals surface area contributed by atoms with E-state index in [1.807, 2.05) is 26.0 Å². The first-order chi connectivity index (χ1) is 17.2. The molecule has 0 radical (unpaired) electrons. The van der Waals surface area contributed by atoms with Gasteiger partial charge >= 0.3 is 0 Å². The fraction of sp³-hybridized carbons (Fsp3) is 0.360. The number of furan rings is 1. The van der Waals surface area contributed by atoms with Crippen molar-refractivity contribution in [3.05, 3.63) is 63.6 Å². The molecule has 1 saturated heterocycles. The number of hydrogen-bond donors (Lipinski definition) is 3.